The summed E-state index contributed by atoms with van der Waals surface area (Å²) in [5.41, 5.74) is 10.7. The standard InChI is InChI=1S/C26H24N4OS.ClH/c27-26(24-10-5-17-32-24)30-23-9-4-6-19(18-23)11-16-25(31)29-22-14-12-21(13-15-22)28-20-7-2-1-3-8-20;/h1-10,12-15,17-18,28H,11,16H2,(H2,27,30)(H,29,31);1H. The SMILES string of the molecule is Cl.NC(=Nc1cccc(CCC(=O)Nc2ccc(Nc3ccccc3)cc2)c1)c1cccs1. The number of amides is 1. The maximum absolute atomic E-state index is 12.4. The first-order valence-electron chi connectivity index (χ1n) is 10.3. The van der Waals surface area contributed by atoms with Gasteiger partial charge in [-0.3, -0.25) is 4.79 Å². The molecule has 4 N–H and O–H groups in total. The van der Waals surface area contributed by atoms with Crippen LogP contribution in [0.3, 0.4) is 0 Å². The number of carbonyl (C=O) groups is 1. The van der Waals surface area contributed by atoms with Crippen LogP contribution in [-0.4, -0.2) is 11.7 Å². The number of anilines is 3. The van der Waals surface area contributed by atoms with Crippen LogP contribution in [0.15, 0.2) is 101 Å². The summed E-state index contributed by atoms with van der Waals surface area (Å²) in [4.78, 5) is 17.8. The number of carbonyl (C=O) groups excluding carboxylic acids is 1. The Bertz CT molecular complexity index is 1190. The third kappa shape index (κ3) is 7.20. The number of hydrogen-bond donors (Lipinski definition) is 3. The summed E-state index contributed by atoms with van der Waals surface area (Å²) in [6.45, 7) is 0. The lowest BCUT2D eigenvalue weighted by Gasteiger charge is -2.09. The van der Waals surface area contributed by atoms with Crippen LogP contribution in [0.4, 0.5) is 22.7 Å². The van der Waals surface area contributed by atoms with Crippen molar-refractivity contribution in [1.82, 2.24) is 0 Å². The topological polar surface area (TPSA) is 79.5 Å². The minimum atomic E-state index is -0.0271. The zero-order valence-corrected chi connectivity index (χ0v) is 19.5. The summed E-state index contributed by atoms with van der Waals surface area (Å²) >= 11 is 1.56. The molecule has 0 bridgehead atoms. The Morgan fingerprint density at radius 3 is 2.30 bits per heavy atom. The van der Waals surface area contributed by atoms with Gasteiger partial charge in [0, 0.05) is 23.5 Å². The van der Waals surface area contributed by atoms with Gasteiger partial charge in [-0.05, 0) is 72.0 Å². The predicted octanol–water partition coefficient (Wildman–Crippen LogP) is 6.52. The minimum absolute atomic E-state index is 0. The molecule has 4 aromatic rings. The number of nitrogens with two attached hydrogens (primary N) is 1. The third-order valence-corrected chi connectivity index (χ3v) is 5.70. The van der Waals surface area contributed by atoms with E-state index in [2.05, 4.69) is 15.6 Å². The second-order valence-corrected chi connectivity index (χ2v) is 8.21. The Morgan fingerprint density at radius 2 is 1.58 bits per heavy atom. The van der Waals surface area contributed by atoms with E-state index in [1.54, 1.807) is 11.3 Å². The molecule has 4 rings (SSSR count). The highest BCUT2D eigenvalue weighted by molar-refractivity contribution is 7.12. The van der Waals surface area contributed by atoms with Crippen molar-refractivity contribution >= 4 is 58.2 Å². The van der Waals surface area contributed by atoms with E-state index >= 15 is 0 Å². The molecule has 0 fully saturated rings. The van der Waals surface area contributed by atoms with Crippen LogP contribution in [0.25, 0.3) is 0 Å². The number of benzene rings is 3. The summed E-state index contributed by atoms with van der Waals surface area (Å²) in [5.74, 6) is 0.473. The van der Waals surface area contributed by atoms with Gasteiger partial charge in [-0.2, -0.15) is 0 Å². The number of aliphatic imine (C=N–C) groups is 1. The van der Waals surface area contributed by atoms with Gasteiger partial charge in [0.15, 0.2) is 0 Å². The molecule has 1 amide bonds. The maximum atomic E-state index is 12.4. The lowest BCUT2D eigenvalue weighted by molar-refractivity contribution is -0.116. The van der Waals surface area contributed by atoms with E-state index in [1.165, 1.54) is 0 Å². The number of hydrogen-bond acceptors (Lipinski definition) is 4. The fourth-order valence-corrected chi connectivity index (χ4v) is 3.83. The van der Waals surface area contributed by atoms with Crippen molar-refractivity contribution in [2.24, 2.45) is 10.7 Å². The average Bonchev–Trinajstić information content (AvgIpc) is 3.35. The van der Waals surface area contributed by atoms with Crippen molar-refractivity contribution in [3.05, 3.63) is 107 Å². The Kier molecular flexibility index (Phi) is 8.63. The Balaban J connectivity index is 0.00000306. The Labute approximate surface area is 203 Å². The van der Waals surface area contributed by atoms with E-state index in [0.29, 0.717) is 18.7 Å². The van der Waals surface area contributed by atoms with Crippen molar-refractivity contribution in [3.8, 4) is 0 Å². The molecule has 0 saturated heterocycles. The molecule has 5 nitrogen and oxygen atoms in total. The van der Waals surface area contributed by atoms with E-state index in [1.807, 2.05) is 96.4 Å². The molecule has 0 radical (unpaired) electrons. The molecule has 7 heteroatoms. The Hall–Kier alpha value is -3.61. The lowest BCUT2D eigenvalue weighted by Crippen LogP contribution is -2.12. The van der Waals surface area contributed by atoms with Crippen LogP contribution in [0.1, 0.15) is 16.9 Å². The molecule has 0 aliphatic rings. The Morgan fingerprint density at radius 1 is 0.848 bits per heavy atom. The summed E-state index contributed by atoms with van der Waals surface area (Å²) in [5, 5.41) is 8.26. The molecule has 0 saturated carbocycles. The highest BCUT2D eigenvalue weighted by Crippen LogP contribution is 2.20. The lowest BCUT2D eigenvalue weighted by atomic mass is 10.1. The van der Waals surface area contributed by atoms with Crippen molar-refractivity contribution in [2.75, 3.05) is 10.6 Å². The zero-order valence-electron chi connectivity index (χ0n) is 17.9. The van der Waals surface area contributed by atoms with Gasteiger partial charge < -0.3 is 16.4 Å². The van der Waals surface area contributed by atoms with E-state index < -0.39 is 0 Å². The van der Waals surface area contributed by atoms with Gasteiger partial charge in [0.1, 0.15) is 5.84 Å². The molecule has 0 spiro atoms. The number of nitrogens with one attached hydrogen (secondary N) is 2. The minimum Gasteiger partial charge on any atom is -0.383 e. The average molecular weight is 477 g/mol. The predicted molar refractivity (Wildman–Crippen MR) is 142 cm³/mol. The zero-order chi connectivity index (χ0) is 22.2. The number of thiophene rings is 1. The smallest absolute Gasteiger partial charge is 0.224 e. The number of amidine groups is 1. The molecule has 0 atom stereocenters. The number of aryl methyl sites for hydroxylation is 1. The van der Waals surface area contributed by atoms with Crippen molar-refractivity contribution in [1.29, 1.82) is 0 Å². The quantitative estimate of drug-likeness (QED) is 0.200. The highest BCUT2D eigenvalue weighted by atomic mass is 35.5. The van der Waals surface area contributed by atoms with Gasteiger partial charge in [-0.1, -0.05) is 36.4 Å². The first-order chi connectivity index (χ1) is 15.7. The molecular weight excluding hydrogens is 452 g/mol. The van der Waals surface area contributed by atoms with Crippen LogP contribution in [0.5, 0.6) is 0 Å². The molecule has 0 aliphatic carbocycles. The summed E-state index contributed by atoms with van der Waals surface area (Å²) in [6.07, 6.45) is 1.01. The van der Waals surface area contributed by atoms with E-state index in [9.17, 15) is 4.79 Å². The van der Waals surface area contributed by atoms with Gasteiger partial charge in [0.05, 0.1) is 10.6 Å². The fraction of sp³-hybridized carbons (Fsp3) is 0.0769. The number of rotatable bonds is 8. The fourth-order valence-electron chi connectivity index (χ4n) is 3.21. The van der Waals surface area contributed by atoms with E-state index in [0.717, 1.165) is 33.2 Å². The first-order valence-corrected chi connectivity index (χ1v) is 11.2. The largest absolute Gasteiger partial charge is 0.383 e. The van der Waals surface area contributed by atoms with Crippen LogP contribution < -0.4 is 16.4 Å². The molecule has 168 valence electrons. The van der Waals surface area contributed by atoms with Gasteiger partial charge in [0.25, 0.3) is 0 Å². The van der Waals surface area contributed by atoms with Crippen LogP contribution in [-0.2, 0) is 11.2 Å². The monoisotopic (exact) mass is 476 g/mol. The normalized spacial score (nSPS) is 10.8. The van der Waals surface area contributed by atoms with Gasteiger partial charge in [-0.15, -0.1) is 23.7 Å². The summed E-state index contributed by atoms with van der Waals surface area (Å²) < 4.78 is 0. The van der Waals surface area contributed by atoms with Crippen LogP contribution in [0.2, 0.25) is 0 Å². The van der Waals surface area contributed by atoms with Crippen molar-refractivity contribution in [2.45, 2.75) is 12.8 Å². The molecule has 1 heterocycles. The number of halogens is 1. The molecule has 33 heavy (non-hydrogen) atoms. The third-order valence-electron chi connectivity index (χ3n) is 4.81. The van der Waals surface area contributed by atoms with Gasteiger partial charge in [-0.25, -0.2) is 4.99 Å². The molecule has 0 aliphatic heterocycles. The van der Waals surface area contributed by atoms with E-state index in [-0.39, 0.29) is 18.3 Å². The second kappa shape index (κ2) is 11.9. The summed E-state index contributed by atoms with van der Waals surface area (Å²) in [7, 11) is 0. The number of nitrogens with zero attached hydrogens (tertiary/aromatic N) is 1. The van der Waals surface area contributed by atoms with Gasteiger partial charge >= 0.3 is 0 Å². The van der Waals surface area contributed by atoms with Gasteiger partial charge in [0.2, 0.25) is 5.91 Å². The van der Waals surface area contributed by atoms with Crippen molar-refractivity contribution < 1.29 is 4.79 Å². The maximum Gasteiger partial charge on any atom is 0.224 e. The molecule has 3 aromatic carbocycles. The molecule has 1 aromatic heterocycles. The molecular formula is C26H25ClN4OS. The van der Waals surface area contributed by atoms with Crippen molar-refractivity contribution in [3.63, 3.8) is 0 Å². The van der Waals surface area contributed by atoms with E-state index in [4.69, 9.17) is 5.73 Å². The highest BCUT2D eigenvalue weighted by Gasteiger charge is 2.05. The first kappa shape index (κ1) is 24.0. The summed E-state index contributed by atoms with van der Waals surface area (Å²) in [6, 6.07) is 29.4. The molecule has 0 unspecified atom stereocenters. The van der Waals surface area contributed by atoms with Crippen LogP contribution >= 0.6 is 23.7 Å². The second-order valence-electron chi connectivity index (χ2n) is 7.26. The number of para-hydroxylation sites is 1. The van der Waals surface area contributed by atoms with Crippen LogP contribution in [0, 0.1) is 0 Å².